The predicted molar refractivity (Wildman–Crippen MR) is 77.0 cm³/mol. The van der Waals surface area contributed by atoms with Gasteiger partial charge < -0.3 is 10.2 Å². The minimum atomic E-state index is -0.594. The number of rotatable bonds is 2. The van der Waals surface area contributed by atoms with E-state index in [1.165, 1.54) is 6.42 Å². The number of nitrogens with one attached hydrogen (secondary N) is 1. The van der Waals surface area contributed by atoms with Crippen LogP contribution in [0.4, 0.5) is 0 Å². The molecule has 0 aromatic carbocycles. The van der Waals surface area contributed by atoms with Crippen molar-refractivity contribution in [3.8, 4) is 0 Å². The Kier molecular flexibility index (Phi) is 3.57. The molecule has 20 heavy (non-hydrogen) atoms. The van der Waals surface area contributed by atoms with Gasteiger partial charge in [0.2, 0.25) is 11.8 Å². The predicted octanol–water partition coefficient (Wildman–Crippen LogP) is 2.14. The van der Waals surface area contributed by atoms with Gasteiger partial charge in [-0.15, -0.1) is 0 Å². The van der Waals surface area contributed by atoms with E-state index in [9.17, 15) is 9.59 Å². The second-order valence-electron chi connectivity index (χ2n) is 6.37. The highest BCUT2D eigenvalue weighted by molar-refractivity contribution is 6.00. The Morgan fingerprint density at radius 1 is 1.20 bits per heavy atom. The van der Waals surface area contributed by atoms with E-state index in [0.717, 1.165) is 38.5 Å². The molecule has 3 rings (SSSR count). The van der Waals surface area contributed by atoms with Gasteiger partial charge in [-0.25, -0.2) is 0 Å². The third-order valence-electron chi connectivity index (χ3n) is 5.11. The fourth-order valence-corrected chi connectivity index (χ4v) is 4.01. The van der Waals surface area contributed by atoms with Gasteiger partial charge in [0.25, 0.3) is 0 Å². The maximum absolute atomic E-state index is 13.1. The van der Waals surface area contributed by atoms with Crippen LogP contribution >= 0.6 is 0 Å². The fourth-order valence-electron chi connectivity index (χ4n) is 4.01. The van der Waals surface area contributed by atoms with E-state index in [1.54, 1.807) is 0 Å². The fraction of sp³-hybridized carbons (Fsp3) is 0.750. The monoisotopic (exact) mass is 276 g/mol. The maximum Gasteiger partial charge on any atom is 0.249 e. The quantitative estimate of drug-likeness (QED) is 0.786. The second kappa shape index (κ2) is 5.23. The number of amides is 2. The number of hydrogen-bond donors (Lipinski definition) is 1. The van der Waals surface area contributed by atoms with Crippen LogP contribution in [0, 0.1) is 0 Å². The molecule has 4 heteroatoms. The Morgan fingerprint density at radius 2 is 1.85 bits per heavy atom. The number of carbonyl (C=O) groups excluding carboxylic acids is 2. The maximum atomic E-state index is 13.1. The lowest BCUT2D eigenvalue weighted by Gasteiger charge is -2.49. The highest BCUT2D eigenvalue weighted by Gasteiger charge is 2.52. The van der Waals surface area contributed by atoms with Crippen LogP contribution < -0.4 is 5.32 Å². The number of piperazine rings is 1. The van der Waals surface area contributed by atoms with Gasteiger partial charge in [0.15, 0.2) is 0 Å². The van der Waals surface area contributed by atoms with Crippen LogP contribution in [-0.4, -0.2) is 34.3 Å². The summed E-state index contributed by atoms with van der Waals surface area (Å²) in [6, 6.07) is -0.0859. The zero-order valence-electron chi connectivity index (χ0n) is 12.2. The summed E-state index contributed by atoms with van der Waals surface area (Å²) in [5.74, 6) is 0.234. The average Bonchev–Trinajstić information content (AvgIpc) is 2.97. The minimum absolute atomic E-state index is 0.0564. The van der Waals surface area contributed by atoms with E-state index < -0.39 is 5.54 Å². The molecule has 0 aromatic heterocycles. The molecule has 2 amide bonds. The third-order valence-corrected chi connectivity index (χ3v) is 5.11. The summed E-state index contributed by atoms with van der Waals surface area (Å²) in [7, 11) is 0. The van der Waals surface area contributed by atoms with Gasteiger partial charge in [-0.2, -0.15) is 0 Å². The van der Waals surface area contributed by atoms with Crippen LogP contribution in [0.1, 0.15) is 58.3 Å². The highest BCUT2D eigenvalue weighted by atomic mass is 16.2. The molecular formula is C16H24N2O2. The topological polar surface area (TPSA) is 49.4 Å². The largest absolute Gasteiger partial charge is 0.340 e. The van der Waals surface area contributed by atoms with Crippen molar-refractivity contribution >= 4 is 11.8 Å². The van der Waals surface area contributed by atoms with E-state index in [-0.39, 0.29) is 23.9 Å². The summed E-state index contributed by atoms with van der Waals surface area (Å²) >= 11 is 0. The molecule has 1 saturated carbocycles. The summed E-state index contributed by atoms with van der Waals surface area (Å²) in [4.78, 5) is 27.5. The first-order valence-corrected chi connectivity index (χ1v) is 7.98. The van der Waals surface area contributed by atoms with Gasteiger partial charge in [-0.3, -0.25) is 9.59 Å². The Balaban J connectivity index is 1.90. The molecule has 2 aliphatic carbocycles. The molecule has 0 aromatic rings. The molecule has 1 saturated heterocycles. The van der Waals surface area contributed by atoms with Crippen molar-refractivity contribution in [2.24, 2.45) is 0 Å². The molecule has 1 unspecified atom stereocenters. The molecule has 1 aliphatic heterocycles. The van der Waals surface area contributed by atoms with E-state index >= 15 is 0 Å². The SMILES string of the molecule is CCC1C(=O)NC2(CCCCC2)C(=O)N1C1CC=CC1. The zero-order chi connectivity index (χ0) is 14.2. The van der Waals surface area contributed by atoms with Crippen LogP contribution in [0.15, 0.2) is 12.2 Å². The van der Waals surface area contributed by atoms with Crippen LogP contribution in [0.5, 0.6) is 0 Å². The Bertz CT molecular complexity index is 430. The Labute approximate surface area is 120 Å². The van der Waals surface area contributed by atoms with Gasteiger partial charge in [0.05, 0.1) is 0 Å². The normalized spacial score (nSPS) is 30.1. The summed E-state index contributed by atoms with van der Waals surface area (Å²) in [6.07, 6.45) is 11.6. The standard InChI is InChI=1S/C16H24N2O2/c1-2-13-14(19)17-16(10-6-3-7-11-16)15(20)18(13)12-8-4-5-9-12/h4-5,12-13H,2-3,6-11H2,1H3,(H,17,19). The zero-order valence-corrected chi connectivity index (χ0v) is 12.2. The molecule has 1 heterocycles. The van der Waals surface area contributed by atoms with Gasteiger partial charge in [0, 0.05) is 6.04 Å². The highest BCUT2D eigenvalue weighted by Crippen LogP contribution is 2.36. The molecule has 0 bridgehead atoms. The van der Waals surface area contributed by atoms with Gasteiger partial charge in [-0.1, -0.05) is 38.3 Å². The molecule has 1 atom stereocenters. The number of hydrogen-bond acceptors (Lipinski definition) is 2. The third kappa shape index (κ3) is 2.05. The van der Waals surface area contributed by atoms with Crippen molar-refractivity contribution in [3.63, 3.8) is 0 Å². The van der Waals surface area contributed by atoms with Gasteiger partial charge >= 0.3 is 0 Å². The van der Waals surface area contributed by atoms with Gasteiger partial charge in [0.1, 0.15) is 11.6 Å². The number of carbonyl (C=O) groups is 2. The van der Waals surface area contributed by atoms with Crippen molar-refractivity contribution < 1.29 is 9.59 Å². The molecule has 110 valence electrons. The summed E-state index contributed by atoms with van der Waals surface area (Å²) in [5.41, 5.74) is -0.594. The molecule has 3 aliphatic rings. The lowest BCUT2D eigenvalue weighted by atomic mass is 9.77. The van der Waals surface area contributed by atoms with E-state index in [4.69, 9.17) is 0 Å². The minimum Gasteiger partial charge on any atom is -0.340 e. The van der Waals surface area contributed by atoms with E-state index in [1.807, 2.05) is 11.8 Å². The van der Waals surface area contributed by atoms with E-state index in [2.05, 4.69) is 17.5 Å². The molecule has 4 nitrogen and oxygen atoms in total. The van der Waals surface area contributed by atoms with Crippen LogP contribution in [0.3, 0.4) is 0 Å². The number of nitrogens with zero attached hydrogens (tertiary/aromatic N) is 1. The van der Waals surface area contributed by atoms with Crippen molar-refractivity contribution in [1.29, 1.82) is 0 Å². The van der Waals surface area contributed by atoms with Crippen molar-refractivity contribution in [2.45, 2.75) is 75.9 Å². The summed E-state index contributed by atoms with van der Waals surface area (Å²) in [5, 5.41) is 3.09. The summed E-state index contributed by atoms with van der Waals surface area (Å²) in [6.45, 7) is 1.99. The first-order chi connectivity index (χ1) is 9.68. The van der Waals surface area contributed by atoms with Crippen molar-refractivity contribution in [3.05, 3.63) is 12.2 Å². The van der Waals surface area contributed by atoms with Crippen LogP contribution in [0.25, 0.3) is 0 Å². The first kappa shape index (κ1) is 13.7. The smallest absolute Gasteiger partial charge is 0.249 e. The molecular weight excluding hydrogens is 252 g/mol. The molecule has 2 fully saturated rings. The van der Waals surface area contributed by atoms with Crippen LogP contribution in [-0.2, 0) is 9.59 Å². The van der Waals surface area contributed by atoms with Crippen molar-refractivity contribution in [1.82, 2.24) is 10.2 Å². The molecule has 1 N–H and O–H groups in total. The van der Waals surface area contributed by atoms with Crippen molar-refractivity contribution in [2.75, 3.05) is 0 Å². The van der Waals surface area contributed by atoms with Gasteiger partial charge in [-0.05, 0) is 32.1 Å². The first-order valence-electron chi connectivity index (χ1n) is 7.98. The lowest BCUT2D eigenvalue weighted by Crippen LogP contribution is -2.72. The van der Waals surface area contributed by atoms with Crippen LogP contribution in [0.2, 0.25) is 0 Å². The van der Waals surface area contributed by atoms with E-state index in [0.29, 0.717) is 6.42 Å². The Hall–Kier alpha value is -1.32. The molecule has 1 spiro atoms. The second-order valence-corrected chi connectivity index (χ2v) is 6.37. The average molecular weight is 276 g/mol. The summed E-state index contributed by atoms with van der Waals surface area (Å²) < 4.78 is 0. The molecule has 0 radical (unpaired) electrons. The Morgan fingerprint density at radius 3 is 2.45 bits per heavy atom. The lowest BCUT2D eigenvalue weighted by molar-refractivity contribution is -0.159.